The Morgan fingerprint density at radius 3 is 3.00 bits per heavy atom. The second-order valence-electron chi connectivity index (χ2n) is 5.45. The lowest BCUT2D eigenvalue weighted by molar-refractivity contribution is -0.123. The van der Waals surface area contributed by atoms with E-state index in [1.165, 1.54) is 12.1 Å². The summed E-state index contributed by atoms with van der Waals surface area (Å²) < 4.78 is 13.2. The Morgan fingerprint density at radius 2 is 2.37 bits per heavy atom. The third-order valence-electron chi connectivity index (χ3n) is 4.11. The van der Waals surface area contributed by atoms with Gasteiger partial charge in [-0.25, -0.2) is 4.39 Å². The molecular weight excluding hydrogens is 243 g/mol. The normalized spacial score (nSPS) is 26.9. The average molecular weight is 264 g/mol. The number of nitrogens with one attached hydrogen (secondary N) is 1. The average Bonchev–Trinajstić information content (AvgIpc) is 2.38. The number of hydrogen-bond donors (Lipinski definition) is 2. The topological polar surface area (TPSA) is 55.1 Å². The Hall–Kier alpha value is -1.58. The van der Waals surface area contributed by atoms with Gasteiger partial charge < -0.3 is 11.1 Å². The number of halogens is 1. The number of anilines is 1. The highest BCUT2D eigenvalue weighted by atomic mass is 19.1. The van der Waals surface area contributed by atoms with Crippen molar-refractivity contribution in [2.75, 3.05) is 5.32 Å². The van der Waals surface area contributed by atoms with Gasteiger partial charge in [0.25, 0.3) is 0 Å². The molecule has 104 valence electrons. The second-order valence-corrected chi connectivity index (χ2v) is 5.45. The lowest BCUT2D eigenvalue weighted by Crippen LogP contribution is -2.53. The maximum atomic E-state index is 13.2. The van der Waals surface area contributed by atoms with E-state index in [0.29, 0.717) is 11.6 Å². The zero-order valence-corrected chi connectivity index (χ0v) is 11.3. The van der Waals surface area contributed by atoms with Crippen molar-refractivity contribution in [3.63, 3.8) is 0 Å². The van der Waals surface area contributed by atoms with Gasteiger partial charge in [0.1, 0.15) is 11.4 Å². The first-order chi connectivity index (χ1) is 9.05. The van der Waals surface area contributed by atoms with Crippen LogP contribution in [0.1, 0.15) is 39.0 Å². The van der Waals surface area contributed by atoms with Crippen molar-refractivity contribution in [2.24, 2.45) is 11.7 Å². The van der Waals surface area contributed by atoms with E-state index >= 15 is 0 Å². The summed E-state index contributed by atoms with van der Waals surface area (Å²) in [5.74, 6) is -0.148. The lowest BCUT2D eigenvalue weighted by atomic mass is 9.74. The fourth-order valence-corrected chi connectivity index (χ4v) is 2.98. The number of hydrogen-bond acceptors (Lipinski definition) is 2. The van der Waals surface area contributed by atoms with E-state index in [9.17, 15) is 9.18 Å². The van der Waals surface area contributed by atoms with Gasteiger partial charge in [-0.05, 0) is 37.0 Å². The molecule has 1 aromatic rings. The summed E-state index contributed by atoms with van der Waals surface area (Å²) in [6.45, 7) is 2.13. The number of benzene rings is 1. The first kappa shape index (κ1) is 13.8. The van der Waals surface area contributed by atoms with Crippen molar-refractivity contribution in [2.45, 2.75) is 44.6 Å². The van der Waals surface area contributed by atoms with Crippen molar-refractivity contribution in [3.8, 4) is 0 Å². The van der Waals surface area contributed by atoms with Crippen LogP contribution in [0.5, 0.6) is 0 Å². The van der Waals surface area contributed by atoms with Crippen LogP contribution < -0.4 is 11.1 Å². The summed E-state index contributed by atoms with van der Waals surface area (Å²) in [6.07, 6.45) is 4.60. The van der Waals surface area contributed by atoms with Gasteiger partial charge in [0.15, 0.2) is 0 Å². The van der Waals surface area contributed by atoms with E-state index in [1.54, 1.807) is 12.1 Å². The molecule has 0 aromatic heterocycles. The van der Waals surface area contributed by atoms with Crippen molar-refractivity contribution in [1.82, 2.24) is 0 Å². The molecule has 1 saturated carbocycles. The van der Waals surface area contributed by atoms with E-state index < -0.39 is 5.54 Å². The molecule has 2 atom stereocenters. The standard InChI is InChI=1S/C15H21FN2O/c1-2-11-5-4-8-15(10-11,14(17)19)18-13-7-3-6-12(16)9-13/h3,6-7,9,11,18H,2,4-5,8,10H2,1H3,(H2,17,19). The highest BCUT2D eigenvalue weighted by molar-refractivity contribution is 5.88. The summed E-state index contributed by atoms with van der Waals surface area (Å²) >= 11 is 0. The van der Waals surface area contributed by atoms with Crippen molar-refractivity contribution in [1.29, 1.82) is 0 Å². The third-order valence-corrected chi connectivity index (χ3v) is 4.11. The van der Waals surface area contributed by atoms with Crippen LogP contribution in [0.4, 0.5) is 10.1 Å². The maximum absolute atomic E-state index is 13.2. The van der Waals surface area contributed by atoms with E-state index in [-0.39, 0.29) is 11.7 Å². The number of primary amides is 1. The summed E-state index contributed by atoms with van der Waals surface area (Å²) in [5.41, 5.74) is 5.50. The second kappa shape index (κ2) is 5.59. The van der Waals surface area contributed by atoms with Crippen LogP contribution in [0.25, 0.3) is 0 Å². The van der Waals surface area contributed by atoms with Gasteiger partial charge in [0.05, 0.1) is 0 Å². The first-order valence-corrected chi connectivity index (χ1v) is 6.89. The van der Waals surface area contributed by atoms with Crippen LogP contribution in [-0.4, -0.2) is 11.4 Å². The SMILES string of the molecule is CCC1CCCC(Nc2cccc(F)c2)(C(N)=O)C1. The predicted octanol–water partition coefficient (Wildman–Crippen LogP) is 3.06. The van der Waals surface area contributed by atoms with Crippen molar-refractivity contribution in [3.05, 3.63) is 30.1 Å². The Labute approximate surface area is 113 Å². The third kappa shape index (κ3) is 3.06. The van der Waals surface area contributed by atoms with E-state index in [2.05, 4.69) is 12.2 Å². The minimum absolute atomic E-state index is 0.313. The summed E-state index contributed by atoms with van der Waals surface area (Å²) in [6, 6.07) is 6.19. The van der Waals surface area contributed by atoms with Crippen LogP contribution in [0.2, 0.25) is 0 Å². The van der Waals surface area contributed by atoms with Crippen LogP contribution in [0.3, 0.4) is 0 Å². The quantitative estimate of drug-likeness (QED) is 0.878. The smallest absolute Gasteiger partial charge is 0.243 e. The van der Waals surface area contributed by atoms with Gasteiger partial charge in [-0.1, -0.05) is 32.3 Å². The Kier molecular flexibility index (Phi) is 4.08. The molecule has 1 fully saturated rings. The predicted molar refractivity (Wildman–Crippen MR) is 74.2 cm³/mol. The molecule has 1 aliphatic carbocycles. The van der Waals surface area contributed by atoms with Crippen LogP contribution in [0, 0.1) is 11.7 Å². The molecular formula is C15H21FN2O. The molecule has 19 heavy (non-hydrogen) atoms. The molecule has 0 radical (unpaired) electrons. The summed E-state index contributed by atoms with van der Waals surface area (Å²) in [5, 5.41) is 3.18. The minimum atomic E-state index is -0.729. The van der Waals surface area contributed by atoms with Gasteiger partial charge in [-0.15, -0.1) is 0 Å². The zero-order chi connectivity index (χ0) is 13.9. The molecule has 0 saturated heterocycles. The summed E-state index contributed by atoms with van der Waals surface area (Å²) in [7, 11) is 0. The van der Waals surface area contributed by atoms with Crippen LogP contribution >= 0.6 is 0 Å². The number of amides is 1. The Balaban J connectivity index is 2.22. The van der Waals surface area contributed by atoms with E-state index in [1.807, 2.05) is 0 Å². The summed E-state index contributed by atoms with van der Waals surface area (Å²) in [4.78, 5) is 11.9. The molecule has 1 amide bonds. The van der Waals surface area contributed by atoms with E-state index in [0.717, 1.165) is 32.1 Å². The Bertz CT molecular complexity index is 463. The van der Waals surface area contributed by atoms with E-state index in [4.69, 9.17) is 5.73 Å². The number of rotatable bonds is 4. The zero-order valence-electron chi connectivity index (χ0n) is 11.3. The highest BCUT2D eigenvalue weighted by Gasteiger charge is 2.40. The van der Waals surface area contributed by atoms with Crippen LogP contribution in [-0.2, 0) is 4.79 Å². The van der Waals surface area contributed by atoms with Gasteiger partial charge in [-0.2, -0.15) is 0 Å². The van der Waals surface area contributed by atoms with Crippen molar-refractivity contribution >= 4 is 11.6 Å². The molecule has 3 N–H and O–H groups in total. The van der Waals surface area contributed by atoms with Gasteiger partial charge >= 0.3 is 0 Å². The largest absolute Gasteiger partial charge is 0.371 e. The molecule has 0 heterocycles. The molecule has 3 nitrogen and oxygen atoms in total. The molecule has 0 aliphatic heterocycles. The molecule has 1 aliphatic rings. The van der Waals surface area contributed by atoms with Gasteiger partial charge in [-0.3, -0.25) is 4.79 Å². The lowest BCUT2D eigenvalue weighted by Gasteiger charge is -2.39. The molecule has 0 bridgehead atoms. The Morgan fingerprint density at radius 1 is 1.58 bits per heavy atom. The van der Waals surface area contributed by atoms with Crippen molar-refractivity contribution < 1.29 is 9.18 Å². The fourth-order valence-electron chi connectivity index (χ4n) is 2.98. The fraction of sp³-hybridized carbons (Fsp3) is 0.533. The monoisotopic (exact) mass is 264 g/mol. The van der Waals surface area contributed by atoms with Crippen LogP contribution in [0.15, 0.2) is 24.3 Å². The molecule has 1 aromatic carbocycles. The molecule has 0 spiro atoms. The highest BCUT2D eigenvalue weighted by Crippen LogP contribution is 2.36. The van der Waals surface area contributed by atoms with Gasteiger partial charge in [0.2, 0.25) is 5.91 Å². The minimum Gasteiger partial charge on any atom is -0.371 e. The molecule has 2 rings (SSSR count). The number of carbonyl (C=O) groups excluding carboxylic acids is 1. The maximum Gasteiger partial charge on any atom is 0.243 e. The number of carbonyl (C=O) groups is 1. The molecule has 2 unspecified atom stereocenters. The number of nitrogens with two attached hydrogens (primary N) is 1. The molecule has 4 heteroatoms. The van der Waals surface area contributed by atoms with Gasteiger partial charge in [0, 0.05) is 5.69 Å². The first-order valence-electron chi connectivity index (χ1n) is 6.89.